The van der Waals surface area contributed by atoms with Gasteiger partial charge in [-0.15, -0.1) is 0 Å². The van der Waals surface area contributed by atoms with Crippen LogP contribution in [-0.4, -0.2) is 32.1 Å². The standard InChI is InChI=1S/C11H18FN3O3S/c1-8(2)15-7-9(19(13,17)18)6-10(15)11(16)14-5-3-4-12/h6-8H,3-5H2,1-2H3,(H,14,16)(H2,13,17,18). The minimum atomic E-state index is -3.86. The monoisotopic (exact) mass is 291 g/mol. The number of nitrogens with zero attached hydrogens (tertiary/aromatic N) is 1. The molecule has 0 saturated carbocycles. The molecule has 108 valence electrons. The lowest BCUT2D eigenvalue weighted by Crippen LogP contribution is -2.27. The van der Waals surface area contributed by atoms with Crippen LogP contribution in [0.15, 0.2) is 17.2 Å². The highest BCUT2D eigenvalue weighted by Crippen LogP contribution is 2.17. The summed E-state index contributed by atoms with van der Waals surface area (Å²) in [7, 11) is -3.86. The summed E-state index contributed by atoms with van der Waals surface area (Å²) in [5, 5.41) is 7.56. The van der Waals surface area contributed by atoms with E-state index in [1.54, 1.807) is 0 Å². The van der Waals surface area contributed by atoms with E-state index in [9.17, 15) is 17.6 Å². The number of hydrogen-bond donors (Lipinski definition) is 2. The van der Waals surface area contributed by atoms with E-state index >= 15 is 0 Å². The summed E-state index contributed by atoms with van der Waals surface area (Å²) >= 11 is 0. The van der Waals surface area contributed by atoms with Gasteiger partial charge in [0, 0.05) is 18.8 Å². The highest BCUT2D eigenvalue weighted by molar-refractivity contribution is 7.89. The van der Waals surface area contributed by atoms with Gasteiger partial charge in [0.1, 0.15) is 10.6 Å². The smallest absolute Gasteiger partial charge is 0.267 e. The molecule has 0 atom stereocenters. The van der Waals surface area contributed by atoms with Crippen molar-refractivity contribution in [3.05, 3.63) is 18.0 Å². The molecule has 0 aliphatic rings. The Hall–Kier alpha value is -1.41. The lowest BCUT2D eigenvalue weighted by molar-refractivity contribution is 0.0942. The fourth-order valence-electron chi connectivity index (χ4n) is 1.58. The molecule has 0 bridgehead atoms. The molecule has 1 rings (SSSR count). The first-order chi connectivity index (χ1) is 8.77. The molecule has 0 fully saturated rings. The highest BCUT2D eigenvalue weighted by atomic mass is 32.2. The zero-order chi connectivity index (χ0) is 14.6. The molecule has 0 spiro atoms. The highest BCUT2D eigenvalue weighted by Gasteiger charge is 2.19. The maximum absolute atomic E-state index is 12.0. The summed E-state index contributed by atoms with van der Waals surface area (Å²) in [5.41, 5.74) is 0.192. The second kappa shape index (κ2) is 6.16. The third-order valence-electron chi connectivity index (χ3n) is 2.54. The minimum absolute atomic E-state index is 0.0996. The number of halogens is 1. The first-order valence-corrected chi connectivity index (χ1v) is 7.41. The van der Waals surface area contributed by atoms with Gasteiger partial charge in [-0.05, 0) is 26.3 Å². The zero-order valence-electron chi connectivity index (χ0n) is 10.9. The Bertz CT molecular complexity index is 552. The van der Waals surface area contributed by atoms with Gasteiger partial charge in [-0.25, -0.2) is 13.6 Å². The van der Waals surface area contributed by atoms with Crippen LogP contribution < -0.4 is 10.5 Å². The van der Waals surface area contributed by atoms with E-state index in [1.807, 2.05) is 13.8 Å². The van der Waals surface area contributed by atoms with Gasteiger partial charge in [-0.1, -0.05) is 0 Å². The van der Waals surface area contributed by atoms with Crippen LogP contribution in [0, 0.1) is 0 Å². The molecule has 0 unspecified atom stereocenters. The van der Waals surface area contributed by atoms with Gasteiger partial charge < -0.3 is 9.88 Å². The summed E-state index contributed by atoms with van der Waals surface area (Å²) < 4.78 is 36.1. The predicted molar refractivity (Wildman–Crippen MR) is 69.1 cm³/mol. The molecule has 3 N–H and O–H groups in total. The third-order valence-corrected chi connectivity index (χ3v) is 3.42. The van der Waals surface area contributed by atoms with Crippen LogP contribution in [0.4, 0.5) is 4.39 Å². The molecule has 1 amide bonds. The van der Waals surface area contributed by atoms with Crippen molar-refractivity contribution in [1.29, 1.82) is 0 Å². The van der Waals surface area contributed by atoms with Gasteiger partial charge in [-0.2, -0.15) is 0 Å². The van der Waals surface area contributed by atoms with Gasteiger partial charge in [-0.3, -0.25) is 9.18 Å². The van der Waals surface area contributed by atoms with Crippen LogP contribution in [0.1, 0.15) is 36.8 Å². The van der Waals surface area contributed by atoms with Crippen molar-refractivity contribution in [1.82, 2.24) is 9.88 Å². The number of carbonyl (C=O) groups is 1. The number of carbonyl (C=O) groups excluding carboxylic acids is 1. The van der Waals surface area contributed by atoms with Crippen LogP contribution in [0.25, 0.3) is 0 Å². The zero-order valence-corrected chi connectivity index (χ0v) is 11.7. The van der Waals surface area contributed by atoms with Crippen molar-refractivity contribution in [2.45, 2.75) is 31.2 Å². The number of primary sulfonamides is 1. The maximum Gasteiger partial charge on any atom is 0.267 e. The summed E-state index contributed by atoms with van der Waals surface area (Å²) in [5.74, 6) is -0.447. The summed E-state index contributed by atoms with van der Waals surface area (Å²) in [4.78, 5) is 11.8. The fraction of sp³-hybridized carbons (Fsp3) is 0.545. The fourth-order valence-corrected chi connectivity index (χ4v) is 2.11. The first-order valence-electron chi connectivity index (χ1n) is 5.86. The molecule has 1 heterocycles. The van der Waals surface area contributed by atoms with E-state index in [0.29, 0.717) is 0 Å². The van der Waals surface area contributed by atoms with Crippen LogP contribution in [0.2, 0.25) is 0 Å². The van der Waals surface area contributed by atoms with E-state index in [-0.39, 0.29) is 29.6 Å². The molecule has 1 aromatic rings. The average molecular weight is 291 g/mol. The Kier molecular flexibility index (Phi) is 5.07. The summed E-state index contributed by atoms with van der Waals surface area (Å²) in [6.07, 6.45) is 1.54. The largest absolute Gasteiger partial charge is 0.351 e. The predicted octanol–water partition coefficient (Wildman–Crippen LogP) is 0.806. The van der Waals surface area contributed by atoms with Crippen molar-refractivity contribution in [2.24, 2.45) is 5.14 Å². The number of amides is 1. The Morgan fingerprint density at radius 2 is 2.16 bits per heavy atom. The van der Waals surface area contributed by atoms with E-state index < -0.39 is 22.6 Å². The van der Waals surface area contributed by atoms with Crippen LogP contribution in [0.5, 0.6) is 0 Å². The number of aromatic nitrogens is 1. The van der Waals surface area contributed by atoms with Gasteiger partial charge in [0.2, 0.25) is 10.0 Å². The Labute approximate surface area is 111 Å². The molecule has 19 heavy (non-hydrogen) atoms. The Morgan fingerprint density at radius 1 is 1.53 bits per heavy atom. The van der Waals surface area contributed by atoms with Crippen molar-refractivity contribution in [3.63, 3.8) is 0 Å². The van der Waals surface area contributed by atoms with Crippen molar-refractivity contribution < 1.29 is 17.6 Å². The lowest BCUT2D eigenvalue weighted by atomic mass is 10.3. The average Bonchev–Trinajstić information content (AvgIpc) is 2.73. The molecule has 0 saturated heterocycles. The second-order valence-electron chi connectivity index (χ2n) is 4.41. The number of sulfonamides is 1. The molecule has 0 radical (unpaired) electrons. The third kappa shape index (κ3) is 4.03. The molecule has 6 nitrogen and oxygen atoms in total. The molecule has 1 aromatic heterocycles. The van der Waals surface area contributed by atoms with Crippen molar-refractivity contribution in [2.75, 3.05) is 13.2 Å². The Morgan fingerprint density at radius 3 is 2.63 bits per heavy atom. The topological polar surface area (TPSA) is 94.2 Å². The van der Waals surface area contributed by atoms with Crippen molar-refractivity contribution >= 4 is 15.9 Å². The van der Waals surface area contributed by atoms with Gasteiger partial charge in [0.05, 0.1) is 6.67 Å². The number of nitrogens with two attached hydrogens (primary N) is 1. The lowest BCUT2D eigenvalue weighted by Gasteiger charge is -2.12. The van der Waals surface area contributed by atoms with Crippen molar-refractivity contribution in [3.8, 4) is 0 Å². The maximum atomic E-state index is 12.0. The Balaban J connectivity index is 3.05. The van der Waals surface area contributed by atoms with Gasteiger partial charge >= 0.3 is 0 Å². The minimum Gasteiger partial charge on any atom is -0.351 e. The number of rotatable bonds is 6. The molecular formula is C11H18FN3O3S. The number of alkyl halides is 1. The molecule has 0 aliphatic heterocycles. The van der Waals surface area contributed by atoms with Crippen LogP contribution >= 0.6 is 0 Å². The van der Waals surface area contributed by atoms with Crippen LogP contribution in [-0.2, 0) is 10.0 Å². The van der Waals surface area contributed by atoms with E-state index in [0.717, 1.165) is 0 Å². The van der Waals surface area contributed by atoms with Gasteiger partial charge in [0.25, 0.3) is 5.91 Å². The van der Waals surface area contributed by atoms with Crippen LogP contribution in [0.3, 0.4) is 0 Å². The van der Waals surface area contributed by atoms with Gasteiger partial charge in [0.15, 0.2) is 0 Å². The van der Waals surface area contributed by atoms with E-state index in [2.05, 4.69) is 5.32 Å². The van der Waals surface area contributed by atoms with E-state index in [1.165, 1.54) is 16.8 Å². The second-order valence-corrected chi connectivity index (χ2v) is 5.97. The first kappa shape index (κ1) is 15.6. The number of hydrogen-bond acceptors (Lipinski definition) is 3. The SMILES string of the molecule is CC(C)n1cc(S(N)(=O)=O)cc1C(=O)NCCCF. The summed E-state index contributed by atoms with van der Waals surface area (Å²) in [6.45, 7) is 3.30. The van der Waals surface area contributed by atoms with E-state index in [4.69, 9.17) is 5.14 Å². The quantitative estimate of drug-likeness (QED) is 0.759. The molecular weight excluding hydrogens is 273 g/mol. The molecule has 8 heteroatoms. The number of nitrogens with one attached hydrogen (secondary N) is 1. The molecule has 0 aromatic carbocycles. The summed E-state index contributed by atoms with van der Waals surface area (Å²) in [6, 6.07) is 1.12. The normalized spacial score (nSPS) is 11.8. The molecule has 0 aliphatic carbocycles.